The van der Waals surface area contributed by atoms with Crippen LogP contribution in [0.15, 0.2) is 36.7 Å². The number of fused-ring (bicyclic) bond motifs is 4. The monoisotopic (exact) mass is 358 g/mol. The Morgan fingerprint density at radius 2 is 1.85 bits per heavy atom. The van der Waals surface area contributed by atoms with Gasteiger partial charge in [0.1, 0.15) is 5.82 Å². The van der Waals surface area contributed by atoms with Gasteiger partial charge in [0.15, 0.2) is 11.5 Å². The fourth-order valence-electron chi connectivity index (χ4n) is 3.83. The van der Waals surface area contributed by atoms with Gasteiger partial charge in [-0.3, -0.25) is 4.98 Å². The molecule has 6 heteroatoms. The summed E-state index contributed by atoms with van der Waals surface area (Å²) < 4.78 is 4.14. The van der Waals surface area contributed by atoms with Gasteiger partial charge >= 0.3 is 0 Å². The maximum Gasteiger partial charge on any atom is 0.177 e. The molecule has 136 valence electrons. The van der Waals surface area contributed by atoms with E-state index in [9.17, 15) is 0 Å². The first-order chi connectivity index (χ1) is 13.0. The average Bonchev–Trinajstić information content (AvgIpc) is 3.36. The van der Waals surface area contributed by atoms with Crippen LogP contribution >= 0.6 is 0 Å². The Morgan fingerprint density at radius 3 is 2.67 bits per heavy atom. The third-order valence-corrected chi connectivity index (χ3v) is 5.74. The number of imidazole rings is 1. The molecule has 4 aromatic rings. The van der Waals surface area contributed by atoms with Crippen LogP contribution in [-0.4, -0.2) is 29.1 Å². The van der Waals surface area contributed by atoms with E-state index in [1.165, 1.54) is 11.1 Å². The maximum atomic E-state index is 4.96. The summed E-state index contributed by atoms with van der Waals surface area (Å²) in [6, 6.07) is 8.50. The highest BCUT2D eigenvalue weighted by molar-refractivity contribution is 5.65. The molecule has 1 aliphatic rings. The summed E-state index contributed by atoms with van der Waals surface area (Å²) in [7, 11) is 0. The Morgan fingerprint density at radius 1 is 1.04 bits per heavy atom. The highest BCUT2D eigenvalue weighted by Crippen LogP contribution is 2.36. The number of hydrogen-bond acceptors (Lipinski definition) is 4. The molecule has 0 N–H and O–H groups in total. The number of nitrogens with zero attached hydrogens (tertiary/aromatic N) is 6. The molecule has 0 amide bonds. The zero-order chi connectivity index (χ0) is 18.7. The topological polar surface area (TPSA) is 60.9 Å². The number of aryl methyl sites for hydroxylation is 2. The Balaban J connectivity index is 1.50. The first kappa shape index (κ1) is 16.2. The van der Waals surface area contributed by atoms with Crippen LogP contribution in [-0.2, 0) is 6.54 Å². The average molecular weight is 358 g/mol. The van der Waals surface area contributed by atoms with Crippen molar-refractivity contribution < 1.29 is 0 Å². The molecule has 5 rings (SSSR count). The minimum Gasteiger partial charge on any atom is -0.326 e. The van der Waals surface area contributed by atoms with Gasteiger partial charge < -0.3 is 4.57 Å². The Labute approximate surface area is 157 Å². The Bertz CT molecular complexity index is 1130. The molecule has 0 radical (unpaired) electrons. The van der Waals surface area contributed by atoms with E-state index < -0.39 is 0 Å². The van der Waals surface area contributed by atoms with Gasteiger partial charge in [0.05, 0.1) is 17.1 Å². The van der Waals surface area contributed by atoms with Crippen LogP contribution in [0.25, 0.3) is 17.0 Å². The van der Waals surface area contributed by atoms with Crippen molar-refractivity contribution in [2.75, 3.05) is 0 Å². The van der Waals surface area contributed by atoms with Crippen LogP contribution in [0.1, 0.15) is 54.2 Å². The second kappa shape index (κ2) is 5.74. The standard InChI is InChI=1S/C21H22N6/c1-12-9-22-15(4)20-24-19(25-27(12)20)14(3)13(2)18-11-26-10-16-7-5-6-8-17(16)21(26)23-18/h5-9,11,13-14H,10H2,1-4H3/t13-,14-/m1/s1. The lowest BCUT2D eigenvalue weighted by atomic mass is 9.92. The van der Waals surface area contributed by atoms with Crippen LogP contribution in [0.3, 0.4) is 0 Å². The first-order valence-electron chi connectivity index (χ1n) is 9.37. The lowest BCUT2D eigenvalue weighted by Gasteiger charge is -2.14. The van der Waals surface area contributed by atoms with Gasteiger partial charge in [-0.2, -0.15) is 5.10 Å². The van der Waals surface area contributed by atoms with E-state index in [0.29, 0.717) is 0 Å². The summed E-state index contributed by atoms with van der Waals surface area (Å²) >= 11 is 0. The van der Waals surface area contributed by atoms with Crippen LogP contribution in [0.5, 0.6) is 0 Å². The third kappa shape index (κ3) is 2.40. The zero-order valence-corrected chi connectivity index (χ0v) is 16.0. The van der Waals surface area contributed by atoms with Crippen molar-refractivity contribution in [3.8, 4) is 11.4 Å². The number of rotatable bonds is 3. The predicted octanol–water partition coefficient (Wildman–Crippen LogP) is 3.87. The summed E-state index contributed by atoms with van der Waals surface area (Å²) in [5.74, 6) is 2.30. The Kier molecular flexibility index (Phi) is 3.44. The zero-order valence-electron chi connectivity index (χ0n) is 16.0. The normalized spacial score (nSPS) is 15.0. The van der Waals surface area contributed by atoms with Crippen molar-refractivity contribution >= 4 is 5.65 Å². The molecular formula is C21H22N6. The molecule has 2 atom stereocenters. The predicted molar refractivity (Wildman–Crippen MR) is 104 cm³/mol. The van der Waals surface area contributed by atoms with E-state index in [1.807, 2.05) is 24.6 Å². The second-order valence-corrected chi connectivity index (χ2v) is 7.54. The van der Waals surface area contributed by atoms with Crippen LogP contribution in [0, 0.1) is 13.8 Å². The summed E-state index contributed by atoms with van der Waals surface area (Å²) in [6.45, 7) is 9.26. The fraction of sp³-hybridized carbons (Fsp3) is 0.333. The van der Waals surface area contributed by atoms with E-state index >= 15 is 0 Å². The number of benzene rings is 1. The third-order valence-electron chi connectivity index (χ3n) is 5.74. The largest absolute Gasteiger partial charge is 0.326 e. The maximum absolute atomic E-state index is 4.96. The van der Waals surface area contributed by atoms with E-state index in [4.69, 9.17) is 15.1 Å². The molecule has 0 unspecified atom stereocenters. The molecule has 1 aromatic carbocycles. The lowest BCUT2D eigenvalue weighted by Crippen LogP contribution is -2.08. The quantitative estimate of drug-likeness (QED) is 0.491. The summed E-state index contributed by atoms with van der Waals surface area (Å²) in [5.41, 5.74) is 6.41. The minimum atomic E-state index is 0.162. The lowest BCUT2D eigenvalue weighted by molar-refractivity contribution is 0.576. The van der Waals surface area contributed by atoms with Crippen molar-refractivity contribution in [3.63, 3.8) is 0 Å². The van der Waals surface area contributed by atoms with Gasteiger partial charge in [-0.05, 0) is 19.4 Å². The van der Waals surface area contributed by atoms with Crippen molar-refractivity contribution in [2.24, 2.45) is 0 Å². The SMILES string of the molecule is Cc1ncc(C)n2nc([C@H](C)[C@@H](C)c3cn4c(n3)-c3ccccc3C4)nc12. The highest BCUT2D eigenvalue weighted by atomic mass is 15.3. The fourth-order valence-corrected chi connectivity index (χ4v) is 3.83. The highest BCUT2D eigenvalue weighted by Gasteiger charge is 2.27. The molecule has 0 spiro atoms. The molecule has 0 saturated carbocycles. The summed E-state index contributed by atoms with van der Waals surface area (Å²) in [4.78, 5) is 14.1. The van der Waals surface area contributed by atoms with Gasteiger partial charge in [0, 0.05) is 36.3 Å². The van der Waals surface area contributed by atoms with Gasteiger partial charge in [-0.15, -0.1) is 0 Å². The number of aromatic nitrogens is 6. The van der Waals surface area contributed by atoms with Crippen LogP contribution in [0.2, 0.25) is 0 Å². The van der Waals surface area contributed by atoms with Gasteiger partial charge in [0.2, 0.25) is 0 Å². The Hall–Kier alpha value is -3.02. The molecular weight excluding hydrogens is 336 g/mol. The van der Waals surface area contributed by atoms with E-state index in [-0.39, 0.29) is 11.8 Å². The van der Waals surface area contributed by atoms with Gasteiger partial charge in [0.25, 0.3) is 0 Å². The first-order valence-corrected chi connectivity index (χ1v) is 9.37. The van der Waals surface area contributed by atoms with E-state index in [2.05, 4.69) is 53.9 Å². The smallest absolute Gasteiger partial charge is 0.177 e. The summed E-state index contributed by atoms with van der Waals surface area (Å²) in [5, 5.41) is 4.75. The molecule has 0 bridgehead atoms. The van der Waals surface area contributed by atoms with Crippen LogP contribution in [0.4, 0.5) is 0 Å². The van der Waals surface area contributed by atoms with Crippen molar-refractivity contribution in [3.05, 3.63) is 65.1 Å². The van der Waals surface area contributed by atoms with Crippen molar-refractivity contribution in [1.29, 1.82) is 0 Å². The molecule has 1 aliphatic heterocycles. The molecule has 0 aliphatic carbocycles. The molecule has 0 fully saturated rings. The molecule has 0 saturated heterocycles. The molecule has 6 nitrogen and oxygen atoms in total. The van der Waals surface area contributed by atoms with E-state index in [1.54, 1.807) is 0 Å². The van der Waals surface area contributed by atoms with Crippen LogP contribution < -0.4 is 0 Å². The van der Waals surface area contributed by atoms with Gasteiger partial charge in [-0.1, -0.05) is 38.1 Å². The minimum absolute atomic E-state index is 0.162. The van der Waals surface area contributed by atoms with E-state index in [0.717, 1.165) is 40.9 Å². The van der Waals surface area contributed by atoms with Gasteiger partial charge in [-0.25, -0.2) is 14.5 Å². The van der Waals surface area contributed by atoms with Crippen molar-refractivity contribution in [1.82, 2.24) is 29.1 Å². The molecule has 27 heavy (non-hydrogen) atoms. The number of hydrogen-bond donors (Lipinski definition) is 0. The second-order valence-electron chi connectivity index (χ2n) is 7.54. The molecule has 3 aromatic heterocycles. The molecule has 4 heterocycles. The summed E-state index contributed by atoms with van der Waals surface area (Å²) in [6.07, 6.45) is 4.02. The van der Waals surface area contributed by atoms with Crippen molar-refractivity contribution in [2.45, 2.75) is 46.1 Å².